The van der Waals surface area contributed by atoms with Gasteiger partial charge in [-0.1, -0.05) is 32.6 Å². The van der Waals surface area contributed by atoms with Gasteiger partial charge < -0.3 is 14.2 Å². The summed E-state index contributed by atoms with van der Waals surface area (Å²) in [5.41, 5.74) is 1.19. The van der Waals surface area contributed by atoms with Gasteiger partial charge in [-0.15, -0.1) is 0 Å². The second-order valence-corrected chi connectivity index (χ2v) is 10.4. The quantitative estimate of drug-likeness (QED) is 0.217. The molecule has 2 aliphatic rings. The van der Waals surface area contributed by atoms with Crippen molar-refractivity contribution in [2.75, 3.05) is 13.2 Å². The van der Waals surface area contributed by atoms with Gasteiger partial charge in [-0.3, -0.25) is 0 Å². The van der Waals surface area contributed by atoms with Crippen LogP contribution in [0.2, 0.25) is 0 Å². The molecule has 0 aromatic heterocycles. The van der Waals surface area contributed by atoms with E-state index < -0.39 is 11.9 Å². The number of hydrogen-bond acceptors (Lipinski definition) is 6. The van der Waals surface area contributed by atoms with Crippen LogP contribution >= 0.6 is 0 Å². The van der Waals surface area contributed by atoms with Crippen molar-refractivity contribution in [1.82, 2.24) is 0 Å². The molecule has 0 atom stereocenters. The summed E-state index contributed by atoms with van der Waals surface area (Å²) in [5, 5.41) is 0. The number of hydrogen-bond donors (Lipinski definition) is 0. The summed E-state index contributed by atoms with van der Waals surface area (Å²) in [6, 6.07) is 0. The smallest absolute Gasteiger partial charge is 0.333 e. The molecular formula is C28H42O6. The molecule has 0 N–H and O–H groups in total. The summed E-state index contributed by atoms with van der Waals surface area (Å²) < 4.78 is 16.3. The maximum atomic E-state index is 11.8. The van der Waals surface area contributed by atoms with E-state index in [1.54, 1.807) is 20.8 Å². The fourth-order valence-corrected chi connectivity index (χ4v) is 5.11. The Morgan fingerprint density at radius 3 is 1.50 bits per heavy atom. The van der Waals surface area contributed by atoms with E-state index in [-0.39, 0.29) is 31.2 Å². The maximum Gasteiger partial charge on any atom is 0.333 e. The Kier molecular flexibility index (Phi) is 11.1. The maximum absolute atomic E-state index is 11.8. The third kappa shape index (κ3) is 9.11. The average Bonchev–Trinajstić information content (AvgIpc) is 2.81. The van der Waals surface area contributed by atoms with Crippen LogP contribution in [0.4, 0.5) is 0 Å². The summed E-state index contributed by atoms with van der Waals surface area (Å²) in [5.74, 6) is 0.808. The van der Waals surface area contributed by atoms with E-state index in [0.29, 0.717) is 28.6 Å². The lowest BCUT2D eigenvalue weighted by Crippen LogP contribution is -2.31. The van der Waals surface area contributed by atoms with Crippen LogP contribution in [0, 0.1) is 23.7 Å². The second kappa shape index (κ2) is 13.5. The molecule has 0 radical (unpaired) electrons. The fourth-order valence-electron chi connectivity index (χ4n) is 5.11. The highest BCUT2D eigenvalue weighted by Crippen LogP contribution is 2.42. The first-order valence-corrected chi connectivity index (χ1v) is 12.6. The summed E-state index contributed by atoms with van der Waals surface area (Å²) in [6.07, 6.45) is 9.64. The molecule has 0 aromatic carbocycles. The lowest BCUT2D eigenvalue weighted by molar-refractivity contribution is -0.146. The number of carbonyl (C=O) groups excluding carboxylic acids is 3. The topological polar surface area (TPSA) is 78.9 Å². The van der Waals surface area contributed by atoms with Gasteiger partial charge in [0.2, 0.25) is 0 Å². The van der Waals surface area contributed by atoms with E-state index >= 15 is 0 Å². The molecule has 0 unspecified atom stereocenters. The van der Waals surface area contributed by atoms with E-state index in [4.69, 9.17) is 14.2 Å². The van der Waals surface area contributed by atoms with Crippen molar-refractivity contribution < 1.29 is 28.6 Å². The Morgan fingerprint density at radius 2 is 1.09 bits per heavy atom. The van der Waals surface area contributed by atoms with Gasteiger partial charge in [-0.25, -0.2) is 14.4 Å². The Morgan fingerprint density at radius 1 is 0.676 bits per heavy atom. The summed E-state index contributed by atoms with van der Waals surface area (Å²) in [6.45, 7) is 16.3. The van der Waals surface area contributed by atoms with Crippen LogP contribution in [0.3, 0.4) is 0 Å². The first-order valence-electron chi connectivity index (χ1n) is 12.6. The summed E-state index contributed by atoms with van der Waals surface area (Å²) in [4.78, 5) is 35.5. The minimum absolute atomic E-state index is 0.0290. The van der Waals surface area contributed by atoms with Gasteiger partial charge in [-0.05, 0) is 83.5 Å². The minimum atomic E-state index is -0.413. The van der Waals surface area contributed by atoms with Gasteiger partial charge in [0.05, 0.1) is 13.2 Å². The molecule has 2 fully saturated rings. The largest absolute Gasteiger partial charge is 0.462 e. The highest BCUT2D eigenvalue weighted by molar-refractivity contribution is 5.87. The van der Waals surface area contributed by atoms with Gasteiger partial charge in [0, 0.05) is 22.6 Å². The first kappa shape index (κ1) is 27.9. The molecular weight excluding hydrogens is 432 g/mol. The van der Waals surface area contributed by atoms with Crippen LogP contribution in [0.5, 0.6) is 0 Å². The zero-order valence-corrected chi connectivity index (χ0v) is 21.2. The van der Waals surface area contributed by atoms with Crippen molar-refractivity contribution in [1.29, 1.82) is 0 Å². The van der Waals surface area contributed by atoms with Gasteiger partial charge in [-0.2, -0.15) is 0 Å². The molecule has 0 heterocycles. The van der Waals surface area contributed by atoms with Crippen LogP contribution in [0.15, 0.2) is 36.5 Å². The molecule has 0 spiro atoms. The number of ether oxygens (including phenoxy) is 3. The van der Waals surface area contributed by atoms with Crippen LogP contribution in [0.1, 0.15) is 78.6 Å². The van der Waals surface area contributed by atoms with E-state index in [1.807, 2.05) is 0 Å². The lowest BCUT2D eigenvalue weighted by atomic mass is 9.69. The zero-order valence-electron chi connectivity index (χ0n) is 21.2. The third-order valence-electron chi connectivity index (χ3n) is 7.16. The Balaban J connectivity index is 1.79. The van der Waals surface area contributed by atoms with Crippen molar-refractivity contribution in [2.45, 2.75) is 84.7 Å². The van der Waals surface area contributed by atoms with Crippen LogP contribution in [0.25, 0.3) is 0 Å². The molecule has 2 rings (SSSR count). The summed E-state index contributed by atoms with van der Waals surface area (Å²) >= 11 is 0. The SMILES string of the molecule is C=C(C)C(=O)OCC(COC(=O)C(=C)C)CC1CCC(C2CCC(OC(=O)C(=C)C)CC2)CC1. The van der Waals surface area contributed by atoms with Gasteiger partial charge in [0.25, 0.3) is 0 Å². The van der Waals surface area contributed by atoms with Gasteiger partial charge in [0.1, 0.15) is 6.10 Å². The number of rotatable bonds is 11. The highest BCUT2D eigenvalue weighted by atomic mass is 16.6. The predicted octanol–water partition coefficient (Wildman–Crippen LogP) is 5.72. The van der Waals surface area contributed by atoms with Crippen molar-refractivity contribution in [3.8, 4) is 0 Å². The van der Waals surface area contributed by atoms with Crippen LogP contribution in [-0.2, 0) is 28.6 Å². The molecule has 0 saturated heterocycles. The number of esters is 3. The lowest BCUT2D eigenvalue weighted by Gasteiger charge is -2.38. The van der Waals surface area contributed by atoms with Crippen molar-refractivity contribution in [3.05, 3.63) is 36.5 Å². The van der Waals surface area contributed by atoms with Crippen LogP contribution in [-0.4, -0.2) is 37.2 Å². The van der Waals surface area contributed by atoms with Gasteiger partial charge >= 0.3 is 17.9 Å². The number of carbonyl (C=O) groups is 3. The molecule has 6 heteroatoms. The molecule has 6 nitrogen and oxygen atoms in total. The minimum Gasteiger partial charge on any atom is -0.462 e. The molecule has 0 amide bonds. The Hall–Kier alpha value is -2.37. The molecule has 2 saturated carbocycles. The monoisotopic (exact) mass is 474 g/mol. The molecule has 34 heavy (non-hydrogen) atoms. The Bertz CT molecular complexity index is 736. The van der Waals surface area contributed by atoms with Crippen molar-refractivity contribution >= 4 is 17.9 Å². The van der Waals surface area contributed by atoms with Gasteiger partial charge in [0.15, 0.2) is 0 Å². The molecule has 190 valence electrons. The second-order valence-electron chi connectivity index (χ2n) is 10.4. The normalized spacial score (nSPS) is 24.7. The van der Waals surface area contributed by atoms with E-state index in [2.05, 4.69) is 19.7 Å². The average molecular weight is 475 g/mol. The van der Waals surface area contributed by atoms with Crippen LogP contribution < -0.4 is 0 Å². The van der Waals surface area contributed by atoms with E-state index in [0.717, 1.165) is 50.9 Å². The third-order valence-corrected chi connectivity index (χ3v) is 7.16. The molecule has 0 bridgehead atoms. The van der Waals surface area contributed by atoms with Crippen molar-refractivity contribution in [2.24, 2.45) is 23.7 Å². The van der Waals surface area contributed by atoms with Crippen molar-refractivity contribution in [3.63, 3.8) is 0 Å². The van der Waals surface area contributed by atoms with E-state index in [9.17, 15) is 14.4 Å². The Labute approximate surface area is 204 Å². The predicted molar refractivity (Wildman–Crippen MR) is 132 cm³/mol. The van der Waals surface area contributed by atoms with E-state index in [1.165, 1.54) is 12.8 Å². The standard InChI is InChI=1S/C28H42O6/c1-18(2)26(29)32-16-22(17-33-27(30)19(3)4)15-21-7-9-23(10-8-21)24-11-13-25(14-12-24)34-28(31)20(5)6/h21-25H,1,3,5,7-17H2,2,4,6H3. The summed E-state index contributed by atoms with van der Waals surface area (Å²) in [7, 11) is 0. The fraction of sp³-hybridized carbons (Fsp3) is 0.679. The first-order chi connectivity index (χ1) is 16.1. The molecule has 0 aromatic rings. The zero-order chi connectivity index (χ0) is 25.3. The molecule has 0 aliphatic heterocycles. The molecule has 2 aliphatic carbocycles. The highest BCUT2D eigenvalue weighted by Gasteiger charge is 2.33.